The molecule has 3 aliphatic rings. The first-order valence-corrected chi connectivity index (χ1v) is 9.09. The van der Waals surface area contributed by atoms with Crippen LogP contribution in [0.25, 0.3) is 0 Å². The molecular formula is C18H18F4N4O2. The Hall–Kier alpha value is -2.57. The number of halogens is 4. The molecule has 4 rings (SSSR count). The van der Waals surface area contributed by atoms with E-state index in [1.54, 1.807) is 11.0 Å². The Labute approximate surface area is 158 Å². The van der Waals surface area contributed by atoms with Crippen LogP contribution in [0.4, 0.5) is 29.2 Å². The SMILES string of the molecule is N#Cc1c(N2CC[C@@H]2C(F)F)nc(N2CC(CC(=O)O)C2)c2c1C(F)(F)CC2. The zero-order chi connectivity index (χ0) is 20.2. The number of hydrogen-bond donors (Lipinski definition) is 1. The van der Waals surface area contributed by atoms with Crippen molar-refractivity contribution in [3.05, 3.63) is 16.7 Å². The normalized spacial score (nSPS) is 23.2. The average molecular weight is 398 g/mol. The first-order chi connectivity index (χ1) is 13.2. The van der Waals surface area contributed by atoms with Gasteiger partial charge in [0.2, 0.25) is 0 Å². The molecule has 0 bridgehead atoms. The van der Waals surface area contributed by atoms with Crippen molar-refractivity contribution in [3.63, 3.8) is 0 Å². The minimum absolute atomic E-state index is 0.0302. The monoisotopic (exact) mass is 398 g/mol. The van der Waals surface area contributed by atoms with E-state index < -0.39 is 36.3 Å². The zero-order valence-corrected chi connectivity index (χ0v) is 14.8. The highest BCUT2D eigenvalue weighted by molar-refractivity contribution is 5.72. The number of rotatable bonds is 5. The minimum atomic E-state index is -3.22. The molecule has 2 aliphatic heterocycles. The summed E-state index contributed by atoms with van der Waals surface area (Å²) in [6, 6.07) is 0.630. The van der Waals surface area contributed by atoms with Crippen LogP contribution >= 0.6 is 0 Å². The Balaban J connectivity index is 1.76. The number of nitrogens with zero attached hydrogens (tertiary/aromatic N) is 4. The molecule has 28 heavy (non-hydrogen) atoms. The van der Waals surface area contributed by atoms with Crippen molar-refractivity contribution in [2.75, 3.05) is 29.4 Å². The van der Waals surface area contributed by atoms with Gasteiger partial charge in [-0.2, -0.15) is 5.26 Å². The molecule has 0 aromatic carbocycles. The highest BCUT2D eigenvalue weighted by Crippen LogP contribution is 2.50. The van der Waals surface area contributed by atoms with Gasteiger partial charge in [-0.15, -0.1) is 0 Å². The smallest absolute Gasteiger partial charge is 0.303 e. The van der Waals surface area contributed by atoms with Crippen LogP contribution in [0, 0.1) is 17.2 Å². The molecule has 6 nitrogen and oxygen atoms in total. The molecule has 1 aliphatic carbocycles. The lowest BCUT2D eigenvalue weighted by Gasteiger charge is -2.44. The number of carboxylic acids is 1. The fourth-order valence-corrected chi connectivity index (χ4v) is 4.27. The van der Waals surface area contributed by atoms with E-state index in [1.165, 1.54) is 4.90 Å². The van der Waals surface area contributed by atoms with Gasteiger partial charge in [0.15, 0.2) is 0 Å². The lowest BCUT2D eigenvalue weighted by atomic mass is 9.94. The van der Waals surface area contributed by atoms with E-state index in [0.29, 0.717) is 13.1 Å². The van der Waals surface area contributed by atoms with Crippen molar-refractivity contribution in [2.24, 2.45) is 5.92 Å². The third-order valence-electron chi connectivity index (χ3n) is 5.77. The number of aliphatic carboxylic acids is 1. The maximum atomic E-state index is 14.6. The number of alkyl halides is 4. The molecule has 150 valence electrons. The lowest BCUT2D eigenvalue weighted by molar-refractivity contribution is -0.138. The summed E-state index contributed by atoms with van der Waals surface area (Å²) in [6.45, 7) is 0.921. The first-order valence-electron chi connectivity index (χ1n) is 9.09. The molecule has 0 radical (unpaired) electrons. The van der Waals surface area contributed by atoms with E-state index >= 15 is 0 Å². The van der Waals surface area contributed by atoms with Gasteiger partial charge in [0, 0.05) is 43.1 Å². The molecular weight excluding hydrogens is 380 g/mol. The van der Waals surface area contributed by atoms with Gasteiger partial charge in [0.1, 0.15) is 23.3 Å². The second kappa shape index (κ2) is 6.50. The Morgan fingerprint density at radius 2 is 2.07 bits per heavy atom. The van der Waals surface area contributed by atoms with Crippen LogP contribution in [-0.4, -0.2) is 48.2 Å². The maximum absolute atomic E-state index is 14.6. The van der Waals surface area contributed by atoms with Crippen molar-refractivity contribution in [2.45, 2.75) is 44.1 Å². The molecule has 1 aromatic heterocycles. The van der Waals surface area contributed by atoms with Crippen LogP contribution in [0.15, 0.2) is 0 Å². The quantitative estimate of drug-likeness (QED) is 0.769. The fraction of sp³-hybridized carbons (Fsp3) is 0.611. The van der Waals surface area contributed by atoms with Crippen molar-refractivity contribution in [1.29, 1.82) is 5.26 Å². The van der Waals surface area contributed by atoms with E-state index in [2.05, 4.69) is 4.98 Å². The number of carbonyl (C=O) groups is 1. The number of fused-ring (bicyclic) bond motifs is 1. The molecule has 0 saturated carbocycles. The number of nitriles is 1. The Bertz CT molecular complexity index is 864. The zero-order valence-electron chi connectivity index (χ0n) is 14.8. The van der Waals surface area contributed by atoms with Crippen molar-refractivity contribution < 1.29 is 27.5 Å². The topological polar surface area (TPSA) is 80.5 Å². The predicted molar refractivity (Wildman–Crippen MR) is 90.9 cm³/mol. The third-order valence-corrected chi connectivity index (χ3v) is 5.77. The molecule has 0 amide bonds. The fourth-order valence-electron chi connectivity index (χ4n) is 4.27. The predicted octanol–water partition coefficient (Wildman–Crippen LogP) is 2.75. The van der Waals surface area contributed by atoms with Crippen molar-refractivity contribution >= 4 is 17.6 Å². The van der Waals surface area contributed by atoms with Crippen molar-refractivity contribution in [3.8, 4) is 6.07 Å². The summed E-state index contributed by atoms with van der Waals surface area (Å²) in [7, 11) is 0. The van der Waals surface area contributed by atoms with E-state index in [9.17, 15) is 27.6 Å². The highest BCUT2D eigenvalue weighted by atomic mass is 19.3. The second-order valence-corrected chi connectivity index (χ2v) is 7.56. The van der Waals surface area contributed by atoms with Gasteiger partial charge in [-0.3, -0.25) is 4.79 Å². The van der Waals surface area contributed by atoms with Crippen LogP contribution in [0.2, 0.25) is 0 Å². The first kappa shape index (κ1) is 18.8. The molecule has 1 N–H and O–H groups in total. The summed E-state index contributed by atoms with van der Waals surface area (Å²) < 4.78 is 55.6. The van der Waals surface area contributed by atoms with Crippen LogP contribution in [-0.2, 0) is 17.1 Å². The molecule has 0 unspecified atom stereocenters. The van der Waals surface area contributed by atoms with Crippen LogP contribution in [0.3, 0.4) is 0 Å². The van der Waals surface area contributed by atoms with Crippen LogP contribution in [0.5, 0.6) is 0 Å². The van der Waals surface area contributed by atoms with E-state index in [0.717, 1.165) is 0 Å². The maximum Gasteiger partial charge on any atom is 0.303 e. The van der Waals surface area contributed by atoms with Gasteiger partial charge >= 0.3 is 5.97 Å². The van der Waals surface area contributed by atoms with Gasteiger partial charge in [-0.05, 0) is 12.8 Å². The molecule has 10 heteroatoms. The molecule has 0 spiro atoms. The summed E-state index contributed by atoms with van der Waals surface area (Å²) >= 11 is 0. The summed E-state index contributed by atoms with van der Waals surface area (Å²) in [5.41, 5.74) is -0.459. The number of carboxylic acid groups (broad SMARTS) is 1. The van der Waals surface area contributed by atoms with E-state index in [4.69, 9.17) is 5.11 Å². The van der Waals surface area contributed by atoms with Crippen molar-refractivity contribution in [1.82, 2.24) is 4.98 Å². The van der Waals surface area contributed by atoms with Gasteiger partial charge in [-0.1, -0.05) is 0 Å². The average Bonchev–Trinajstić information content (AvgIpc) is 2.84. The van der Waals surface area contributed by atoms with Gasteiger partial charge in [-0.25, -0.2) is 22.5 Å². The minimum Gasteiger partial charge on any atom is -0.481 e. The van der Waals surface area contributed by atoms with Crippen LogP contribution < -0.4 is 9.80 Å². The van der Waals surface area contributed by atoms with E-state index in [1.807, 2.05) is 0 Å². The van der Waals surface area contributed by atoms with Crippen LogP contribution in [0.1, 0.15) is 36.0 Å². The molecule has 2 fully saturated rings. The number of aromatic nitrogens is 1. The Kier molecular flexibility index (Phi) is 4.36. The summed E-state index contributed by atoms with van der Waals surface area (Å²) in [4.78, 5) is 18.2. The molecule has 2 saturated heterocycles. The largest absolute Gasteiger partial charge is 0.481 e. The summed E-state index contributed by atoms with van der Waals surface area (Å²) in [6.07, 6.45) is -2.91. The second-order valence-electron chi connectivity index (χ2n) is 7.56. The van der Waals surface area contributed by atoms with Gasteiger partial charge in [0.25, 0.3) is 12.3 Å². The third kappa shape index (κ3) is 2.84. The van der Waals surface area contributed by atoms with E-state index in [-0.39, 0.29) is 54.5 Å². The van der Waals surface area contributed by atoms with Gasteiger partial charge < -0.3 is 14.9 Å². The number of pyridine rings is 1. The lowest BCUT2D eigenvalue weighted by Crippen LogP contribution is -2.53. The molecule has 1 aromatic rings. The van der Waals surface area contributed by atoms with Gasteiger partial charge in [0.05, 0.1) is 12.5 Å². The summed E-state index contributed by atoms with van der Waals surface area (Å²) in [5.74, 6) is -4.12. The molecule has 1 atom stereocenters. The number of hydrogen-bond acceptors (Lipinski definition) is 5. The Morgan fingerprint density at radius 3 is 2.61 bits per heavy atom. The number of anilines is 2. The Morgan fingerprint density at radius 1 is 1.36 bits per heavy atom. The standard InChI is InChI=1S/C18H18F4N4O2/c19-15(20)12-2-4-26(12)17-11(6-23)14-10(1-3-18(14,21)22)16(24-17)25-7-9(8-25)5-13(27)28/h9,12,15H,1-5,7-8H2,(H,27,28)/t12-/m1/s1. The highest BCUT2D eigenvalue weighted by Gasteiger charge is 2.48. The molecule has 3 heterocycles. The summed E-state index contributed by atoms with van der Waals surface area (Å²) in [5, 5.41) is 18.4.